The maximum atomic E-state index is 14.9. The fraction of sp³-hybridized carbons (Fsp3) is 0.333. The van der Waals surface area contributed by atoms with Crippen LogP contribution in [-0.2, 0) is 17.7 Å². The summed E-state index contributed by atoms with van der Waals surface area (Å²) in [4.78, 5) is 20.1. The van der Waals surface area contributed by atoms with Crippen molar-refractivity contribution in [3.8, 4) is 17.6 Å². The zero-order valence-corrected chi connectivity index (χ0v) is 19.1. The number of H-pyrrole nitrogens is 1. The number of rotatable bonds is 6. The molecule has 1 unspecified atom stereocenters. The van der Waals surface area contributed by atoms with Gasteiger partial charge in [-0.3, -0.25) is 9.69 Å². The quantitative estimate of drug-likeness (QED) is 0.474. The number of hydrogen-bond acceptors (Lipinski definition) is 6. The van der Waals surface area contributed by atoms with E-state index < -0.39 is 23.0 Å². The molecule has 35 heavy (non-hydrogen) atoms. The highest BCUT2D eigenvalue weighted by atomic mass is 19.1. The van der Waals surface area contributed by atoms with Crippen LogP contribution in [0.2, 0.25) is 0 Å². The summed E-state index contributed by atoms with van der Waals surface area (Å²) >= 11 is 0. The van der Waals surface area contributed by atoms with Crippen LogP contribution in [0.5, 0.6) is 5.75 Å². The highest BCUT2D eigenvalue weighted by Crippen LogP contribution is 2.36. The number of hydrogen-bond donors (Lipinski definition) is 3. The minimum Gasteiger partial charge on any atom is -0.502 e. The Balaban J connectivity index is 1.23. The van der Waals surface area contributed by atoms with Crippen molar-refractivity contribution in [2.75, 3.05) is 26.3 Å². The maximum Gasteiger partial charge on any atom is 0.293 e. The summed E-state index contributed by atoms with van der Waals surface area (Å²) in [5.74, 6) is 4.34. The van der Waals surface area contributed by atoms with Crippen molar-refractivity contribution < 1.29 is 19.3 Å². The van der Waals surface area contributed by atoms with Crippen LogP contribution >= 0.6 is 0 Å². The molecule has 0 bridgehead atoms. The van der Waals surface area contributed by atoms with Gasteiger partial charge in [0, 0.05) is 49.5 Å². The minimum atomic E-state index is -0.678. The van der Waals surface area contributed by atoms with Crippen LogP contribution in [0.3, 0.4) is 0 Å². The number of halogens is 1. The van der Waals surface area contributed by atoms with Crippen molar-refractivity contribution in [2.24, 2.45) is 0 Å². The number of ether oxygens (including phenoxy) is 1. The second kappa shape index (κ2) is 9.62. The smallest absolute Gasteiger partial charge is 0.293 e. The monoisotopic (exact) mass is 475 g/mol. The summed E-state index contributed by atoms with van der Waals surface area (Å²) in [6, 6.07) is 12.6. The molecule has 0 saturated carbocycles. The van der Waals surface area contributed by atoms with Crippen LogP contribution in [0.1, 0.15) is 40.3 Å². The Bertz CT molecular complexity index is 1330. The van der Waals surface area contributed by atoms with E-state index in [1.165, 1.54) is 11.6 Å². The van der Waals surface area contributed by atoms with E-state index in [2.05, 4.69) is 38.8 Å². The molecule has 0 aliphatic carbocycles. The van der Waals surface area contributed by atoms with E-state index in [9.17, 15) is 19.4 Å². The van der Waals surface area contributed by atoms with Gasteiger partial charge in [-0.2, -0.15) is 0 Å². The molecule has 2 aliphatic heterocycles. The van der Waals surface area contributed by atoms with Crippen LogP contribution < -0.4 is 5.56 Å². The largest absolute Gasteiger partial charge is 0.502 e. The highest BCUT2D eigenvalue weighted by Gasteiger charge is 2.48. The van der Waals surface area contributed by atoms with Crippen LogP contribution in [0, 0.1) is 17.7 Å². The predicted octanol–water partition coefficient (Wildman–Crippen LogP) is 2.31. The molecule has 8 heteroatoms. The van der Waals surface area contributed by atoms with Gasteiger partial charge in [0.2, 0.25) is 5.75 Å². The number of aliphatic hydroxyl groups is 1. The first-order chi connectivity index (χ1) is 16.9. The van der Waals surface area contributed by atoms with Crippen molar-refractivity contribution in [1.82, 2.24) is 14.9 Å². The zero-order valence-electron chi connectivity index (χ0n) is 19.1. The number of benzene rings is 2. The van der Waals surface area contributed by atoms with Crippen LogP contribution in [0.4, 0.5) is 4.39 Å². The van der Waals surface area contributed by atoms with Gasteiger partial charge in [-0.15, -0.1) is 0 Å². The lowest BCUT2D eigenvalue weighted by molar-refractivity contribution is -0.223. The molecule has 3 N–H and O–H groups in total. The van der Waals surface area contributed by atoms with Gasteiger partial charge in [0.05, 0.1) is 30.8 Å². The topological polar surface area (TPSA) is 98.7 Å². The van der Waals surface area contributed by atoms with Gasteiger partial charge in [-0.25, -0.2) is 9.37 Å². The second-order valence-electron chi connectivity index (χ2n) is 9.22. The lowest BCUT2D eigenvalue weighted by Crippen LogP contribution is -2.67. The molecular formula is C27H26FN3O4. The molecule has 2 aromatic carbocycles. The molecule has 1 atom stereocenters. The van der Waals surface area contributed by atoms with Gasteiger partial charge >= 0.3 is 0 Å². The normalized spacial score (nSPS) is 17.2. The first kappa shape index (κ1) is 23.2. The van der Waals surface area contributed by atoms with Crippen LogP contribution in [-0.4, -0.2) is 57.0 Å². The summed E-state index contributed by atoms with van der Waals surface area (Å²) < 4.78 is 20.5. The summed E-state index contributed by atoms with van der Waals surface area (Å²) in [5, 5.41) is 19.7. The lowest BCUT2D eigenvalue weighted by atomic mass is 9.86. The number of aromatic amines is 1. The Morgan fingerprint density at radius 1 is 1.17 bits per heavy atom. The SMILES string of the molecule is O=c1[nH]cnc(CC(CO)c2ccc(C#Cc3ccc(CN4CC5(CCO5)C4)cc3)cc2F)c1O. The molecule has 7 nitrogen and oxygen atoms in total. The van der Waals surface area contributed by atoms with Crippen molar-refractivity contribution in [3.63, 3.8) is 0 Å². The number of likely N-dealkylation sites (tertiary alicyclic amines) is 1. The van der Waals surface area contributed by atoms with Gasteiger partial charge in [0.15, 0.2) is 0 Å². The van der Waals surface area contributed by atoms with E-state index in [0.29, 0.717) is 5.56 Å². The van der Waals surface area contributed by atoms with E-state index in [4.69, 9.17) is 4.74 Å². The fourth-order valence-electron chi connectivity index (χ4n) is 4.64. The van der Waals surface area contributed by atoms with Gasteiger partial charge in [-0.1, -0.05) is 30.0 Å². The molecule has 2 aliphatic rings. The van der Waals surface area contributed by atoms with Crippen molar-refractivity contribution in [2.45, 2.75) is 30.9 Å². The fourth-order valence-corrected chi connectivity index (χ4v) is 4.64. The molecular weight excluding hydrogens is 449 g/mol. The Hall–Kier alpha value is -3.51. The Labute approximate surface area is 202 Å². The molecule has 180 valence electrons. The number of nitrogens with zero attached hydrogens (tertiary/aromatic N) is 2. The van der Waals surface area contributed by atoms with E-state index in [1.807, 2.05) is 12.1 Å². The summed E-state index contributed by atoms with van der Waals surface area (Å²) in [5.41, 5.74) is 2.39. The van der Waals surface area contributed by atoms with Gasteiger partial charge in [-0.05, 0) is 35.4 Å². The number of aromatic hydroxyl groups is 1. The van der Waals surface area contributed by atoms with Crippen molar-refractivity contribution in [1.29, 1.82) is 0 Å². The average molecular weight is 476 g/mol. The Morgan fingerprint density at radius 2 is 1.89 bits per heavy atom. The average Bonchev–Trinajstić information content (AvgIpc) is 2.81. The molecule has 2 saturated heterocycles. The first-order valence-corrected chi connectivity index (χ1v) is 11.6. The summed E-state index contributed by atoms with van der Waals surface area (Å²) in [7, 11) is 0. The Morgan fingerprint density at radius 3 is 2.54 bits per heavy atom. The second-order valence-corrected chi connectivity index (χ2v) is 9.22. The summed E-state index contributed by atoms with van der Waals surface area (Å²) in [6.07, 6.45) is 2.35. The molecule has 3 aromatic rings. The molecule has 3 heterocycles. The van der Waals surface area contributed by atoms with Crippen LogP contribution in [0.25, 0.3) is 0 Å². The third kappa shape index (κ3) is 4.98. The minimum absolute atomic E-state index is 0.0198. The van der Waals surface area contributed by atoms with E-state index in [0.717, 1.165) is 44.6 Å². The standard InChI is InChI=1S/C27H26FN3O4/c28-23-11-19(7-8-22(23)21(14-32)12-24-25(33)26(34)30-17-29-24)4-1-18-2-5-20(6-3-18)13-31-15-27(16-31)9-10-35-27/h2-3,5-8,11,17,21,32-33H,9-10,12-16H2,(H,29,30,34). The van der Waals surface area contributed by atoms with Crippen molar-refractivity contribution >= 4 is 0 Å². The van der Waals surface area contributed by atoms with E-state index in [1.54, 1.807) is 12.1 Å². The Kier molecular flexibility index (Phi) is 6.39. The highest BCUT2D eigenvalue weighted by molar-refractivity contribution is 5.45. The molecule has 1 aromatic heterocycles. The van der Waals surface area contributed by atoms with Crippen molar-refractivity contribution in [3.05, 3.63) is 92.9 Å². The number of nitrogens with one attached hydrogen (secondary N) is 1. The third-order valence-electron chi connectivity index (χ3n) is 6.71. The van der Waals surface area contributed by atoms with Gasteiger partial charge in [0.1, 0.15) is 5.82 Å². The molecule has 0 amide bonds. The predicted molar refractivity (Wildman–Crippen MR) is 127 cm³/mol. The van der Waals surface area contributed by atoms with E-state index in [-0.39, 0.29) is 29.9 Å². The first-order valence-electron chi connectivity index (χ1n) is 11.6. The number of aromatic nitrogens is 2. The lowest BCUT2D eigenvalue weighted by Gasteiger charge is -2.55. The van der Waals surface area contributed by atoms with Gasteiger partial charge in [0.25, 0.3) is 5.56 Å². The number of aliphatic hydroxyl groups excluding tert-OH is 1. The van der Waals surface area contributed by atoms with Crippen LogP contribution in [0.15, 0.2) is 53.6 Å². The molecule has 1 spiro atoms. The third-order valence-corrected chi connectivity index (χ3v) is 6.71. The van der Waals surface area contributed by atoms with Gasteiger partial charge < -0.3 is 19.9 Å². The molecule has 0 radical (unpaired) electrons. The summed E-state index contributed by atoms with van der Waals surface area (Å²) in [6.45, 7) is 3.40. The van der Waals surface area contributed by atoms with E-state index >= 15 is 0 Å². The molecule has 2 fully saturated rings. The molecule has 5 rings (SSSR count). The zero-order chi connectivity index (χ0) is 24.4. The maximum absolute atomic E-state index is 14.9.